The van der Waals surface area contributed by atoms with Crippen molar-refractivity contribution in [2.24, 2.45) is 0 Å². The Kier molecular flexibility index (Phi) is 5.09. The number of nitrogens with one attached hydrogen (secondary N) is 1. The average Bonchev–Trinajstić information content (AvgIpc) is 2.45. The molecule has 5 nitrogen and oxygen atoms in total. The molecule has 2 rings (SSSR count). The van der Waals surface area contributed by atoms with Crippen LogP contribution in [0.5, 0.6) is 0 Å². The number of amides is 1. The second kappa shape index (κ2) is 6.81. The van der Waals surface area contributed by atoms with Crippen molar-refractivity contribution in [3.63, 3.8) is 0 Å². The van der Waals surface area contributed by atoms with Crippen LogP contribution in [0, 0.1) is 6.92 Å². The predicted octanol–water partition coefficient (Wildman–Crippen LogP) is 0.642. The largest absolute Gasteiger partial charge is 0.351 e. The van der Waals surface area contributed by atoms with E-state index in [0.717, 1.165) is 37.4 Å². The Hall–Kier alpha value is -1.46. The normalized spacial score (nSPS) is 18.8. The molecule has 1 N–H and O–H groups in total. The standard InChI is InChI=1S/C15H24N4O/c1-12-10-14(4-5-16-12)11-17-15(20)13(2)19-8-6-18(3)7-9-19/h4-5,10,13H,6-9,11H2,1-3H3,(H,17,20). The number of aromatic nitrogens is 1. The highest BCUT2D eigenvalue weighted by Crippen LogP contribution is 2.06. The molecule has 1 saturated heterocycles. The van der Waals surface area contributed by atoms with Crippen molar-refractivity contribution >= 4 is 5.91 Å². The lowest BCUT2D eigenvalue weighted by Crippen LogP contribution is -2.52. The SMILES string of the molecule is Cc1cc(CNC(=O)C(C)N2CCN(C)CC2)ccn1. The molecular formula is C15H24N4O. The molecule has 1 amide bonds. The Bertz CT molecular complexity index is 455. The summed E-state index contributed by atoms with van der Waals surface area (Å²) < 4.78 is 0. The molecule has 2 heterocycles. The van der Waals surface area contributed by atoms with Gasteiger partial charge in [0.25, 0.3) is 0 Å². The summed E-state index contributed by atoms with van der Waals surface area (Å²) in [7, 11) is 2.12. The second-order valence-corrected chi connectivity index (χ2v) is 5.54. The number of hydrogen-bond donors (Lipinski definition) is 1. The Balaban J connectivity index is 1.82. The third-order valence-electron chi connectivity index (χ3n) is 3.89. The van der Waals surface area contributed by atoms with E-state index < -0.39 is 0 Å². The monoisotopic (exact) mass is 276 g/mol. The maximum atomic E-state index is 12.2. The Morgan fingerprint density at radius 3 is 2.75 bits per heavy atom. The van der Waals surface area contributed by atoms with E-state index in [1.165, 1.54) is 0 Å². The van der Waals surface area contributed by atoms with Crippen molar-refractivity contribution in [2.45, 2.75) is 26.4 Å². The highest BCUT2D eigenvalue weighted by atomic mass is 16.2. The minimum atomic E-state index is -0.0633. The third-order valence-corrected chi connectivity index (χ3v) is 3.89. The van der Waals surface area contributed by atoms with Gasteiger partial charge in [0.15, 0.2) is 0 Å². The number of aryl methyl sites for hydroxylation is 1. The molecule has 1 aromatic heterocycles. The zero-order chi connectivity index (χ0) is 14.5. The highest BCUT2D eigenvalue weighted by molar-refractivity contribution is 5.81. The molecule has 0 spiro atoms. The van der Waals surface area contributed by atoms with Crippen LogP contribution in [0.3, 0.4) is 0 Å². The zero-order valence-electron chi connectivity index (χ0n) is 12.6. The van der Waals surface area contributed by atoms with Crippen molar-refractivity contribution in [2.75, 3.05) is 33.2 Å². The van der Waals surface area contributed by atoms with Crippen LogP contribution in [0.1, 0.15) is 18.2 Å². The molecule has 20 heavy (non-hydrogen) atoms. The number of carbonyl (C=O) groups excluding carboxylic acids is 1. The summed E-state index contributed by atoms with van der Waals surface area (Å²) in [4.78, 5) is 20.9. The lowest BCUT2D eigenvalue weighted by Gasteiger charge is -2.35. The first-order valence-electron chi connectivity index (χ1n) is 7.18. The van der Waals surface area contributed by atoms with Crippen LogP contribution in [-0.2, 0) is 11.3 Å². The molecule has 1 aliphatic rings. The van der Waals surface area contributed by atoms with Gasteiger partial charge in [0, 0.05) is 44.6 Å². The van der Waals surface area contributed by atoms with Crippen LogP contribution in [0.15, 0.2) is 18.3 Å². The maximum Gasteiger partial charge on any atom is 0.237 e. The van der Waals surface area contributed by atoms with Crippen molar-refractivity contribution in [1.29, 1.82) is 0 Å². The van der Waals surface area contributed by atoms with Gasteiger partial charge in [-0.1, -0.05) is 0 Å². The zero-order valence-corrected chi connectivity index (χ0v) is 12.6. The molecule has 0 saturated carbocycles. The number of nitrogens with zero attached hydrogens (tertiary/aromatic N) is 3. The Labute approximate surface area is 121 Å². The van der Waals surface area contributed by atoms with E-state index in [-0.39, 0.29) is 11.9 Å². The van der Waals surface area contributed by atoms with Gasteiger partial charge in [0.1, 0.15) is 0 Å². The molecule has 1 fully saturated rings. The van der Waals surface area contributed by atoms with Crippen LogP contribution in [0.4, 0.5) is 0 Å². The van der Waals surface area contributed by atoms with E-state index >= 15 is 0 Å². The van der Waals surface area contributed by atoms with Gasteiger partial charge < -0.3 is 10.2 Å². The lowest BCUT2D eigenvalue weighted by molar-refractivity contribution is -0.126. The number of piperazine rings is 1. The molecule has 1 atom stereocenters. The fourth-order valence-electron chi connectivity index (χ4n) is 2.43. The van der Waals surface area contributed by atoms with Gasteiger partial charge in [-0.15, -0.1) is 0 Å². The summed E-state index contributed by atoms with van der Waals surface area (Å²) in [6.45, 7) is 8.48. The highest BCUT2D eigenvalue weighted by Gasteiger charge is 2.23. The van der Waals surface area contributed by atoms with Gasteiger partial charge in [0.05, 0.1) is 6.04 Å². The van der Waals surface area contributed by atoms with Crippen LogP contribution < -0.4 is 5.32 Å². The molecule has 0 aromatic carbocycles. The predicted molar refractivity (Wildman–Crippen MR) is 79.4 cm³/mol. The molecule has 1 aromatic rings. The van der Waals surface area contributed by atoms with Gasteiger partial charge in [-0.2, -0.15) is 0 Å². The molecule has 110 valence electrons. The van der Waals surface area contributed by atoms with Crippen LogP contribution >= 0.6 is 0 Å². The number of carbonyl (C=O) groups is 1. The quantitative estimate of drug-likeness (QED) is 0.877. The lowest BCUT2D eigenvalue weighted by atomic mass is 10.2. The third kappa shape index (κ3) is 4.02. The number of likely N-dealkylation sites (N-methyl/N-ethyl adjacent to an activating group) is 1. The summed E-state index contributed by atoms with van der Waals surface area (Å²) in [5.41, 5.74) is 2.07. The fraction of sp³-hybridized carbons (Fsp3) is 0.600. The van der Waals surface area contributed by atoms with E-state index in [1.807, 2.05) is 26.0 Å². The summed E-state index contributed by atoms with van der Waals surface area (Å²) in [5.74, 6) is 0.101. The molecule has 1 unspecified atom stereocenters. The van der Waals surface area contributed by atoms with Gasteiger partial charge in [-0.05, 0) is 38.6 Å². The average molecular weight is 276 g/mol. The van der Waals surface area contributed by atoms with Crippen molar-refractivity contribution in [3.05, 3.63) is 29.6 Å². The maximum absolute atomic E-state index is 12.2. The first kappa shape index (κ1) is 14.9. The number of rotatable bonds is 4. The van der Waals surface area contributed by atoms with Crippen LogP contribution in [0.2, 0.25) is 0 Å². The topological polar surface area (TPSA) is 48.5 Å². The molecule has 1 aliphatic heterocycles. The summed E-state index contributed by atoms with van der Waals surface area (Å²) in [6.07, 6.45) is 1.78. The first-order valence-corrected chi connectivity index (χ1v) is 7.18. The number of hydrogen-bond acceptors (Lipinski definition) is 4. The summed E-state index contributed by atoms with van der Waals surface area (Å²) in [5, 5.41) is 3.01. The minimum absolute atomic E-state index is 0.0633. The molecule has 0 radical (unpaired) electrons. The summed E-state index contributed by atoms with van der Waals surface area (Å²) >= 11 is 0. The van der Waals surface area contributed by atoms with Crippen molar-refractivity contribution in [3.8, 4) is 0 Å². The molecule has 0 aliphatic carbocycles. The Morgan fingerprint density at radius 2 is 2.10 bits per heavy atom. The smallest absolute Gasteiger partial charge is 0.237 e. The van der Waals surface area contributed by atoms with Crippen molar-refractivity contribution < 1.29 is 4.79 Å². The molecule has 0 bridgehead atoms. The van der Waals surface area contributed by atoms with E-state index in [1.54, 1.807) is 6.20 Å². The van der Waals surface area contributed by atoms with Gasteiger partial charge in [-0.25, -0.2) is 0 Å². The van der Waals surface area contributed by atoms with Gasteiger partial charge >= 0.3 is 0 Å². The molecule has 5 heteroatoms. The second-order valence-electron chi connectivity index (χ2n) is 5.54. The number of pyridine rings is 1. The van der Waals surface area contributed by atoms with Crippen LogP contribution in [-0.4, -0.2) is 60.0 Å². The van der Waals surface area contributed by atoms with E-state index in [2.05, 4.69) is 27.1 Å². The van der Waals surface area contributed by atoms with E-state index in [4.69, 9.17) is 0 Å². The van der Waals surface area contributed by atoms with E-state index in [0.29, 0.717) is 6.54 Å². The molecular weight excluding hydrogens is 252 g/mol. The summed E-state index contributed by atoms with van der Waals surface area (Å²) in [6, 6.07) is 3.88. The van der Waals surface area contributed by atoms with Crippen LogP contribution in [0.25, 0.3) is 0 Å². The fourth-order valence-corrected chi connectivity index (χ4v) is 2.43. The van der Waals surface area contributed by atoms with Gasteiger partial charge in [0.2, 0.25) is 5.91 Å². The van der Waals surface area contributed by atoms with E-state index in [9.17, 15) is 4.79 Å². The Morgan fingerprint density at radius 1 is 1.40 bits per heavy atom. The first-order chi connectivity index (χ1) is 9.56. The minimum Gasteiger partial charge on any atom is -0.351 e. The van der Waals surface area contributed by atoms with Gasteiger partial charge in [-0.3, -0.25) is 14.7 Å². The van der Waals surface area contributed by atoms with Crippen molar-refractivity contribution in [1.82, 2.24) is 20.1 Å².